The Bertz CT molecular complexity index is 352. The molecule has 1 aliphatic rings. The van der Waals surface area contributed by atoms with Crippen molar-refractivity contribution < 1.29 is 0 Å². The summed E-state index contributed by atoms with van der Waals surface area (Å²) in [5.41, 5.74) is 2.71. The SMILES string of the molecule is CCN(CCCC1CCCNC1)c1ccc(C)cc1. The van der Waals surface area contributed by atoms with E-state index in [1.807, 2.05) is 0 Å². The summed E-state index contributed by atoms with van der Waals surface area (Å²) in [6, 6.07) is 8.92. The highest BCUT2D eigenvalue weighted by atomic mass is 15.1. The van der Waals surface area contributed by atoms with Crippen molar-refractivity contribution in [3.63, 3.8) is 0 Å². The lowest BCUT2D eigenvalue weighted by Crippen LogP contribution is -2.31. The van der Waals surface area contributed by atoms with Crippen LogP contribution in [0.2, 0.25) is 0 Å². The highest BCUT2D eigenvalue weighted by molar-refractivity contribution is 5.47. The number of anilines is 1. The number of piperidine rings is 1. The normalized spacial score (nSPS) is 19.4. The average Bonchev–Trinajstić information content (AvgIpc) is 2.46. The maximum atomic E-state index is 3.51. The molecule has 1 N–H and O–H groups in total. The van der Waals surface area contributed by atoms with Crippen LogP contribution in [0, 0.1) is 12.8 Å². The van der Waals surface area contributed by atoms with Gasteiger partial charge in [0.2, 0.25) is 0 Å². The molecule has 1 heterocycles. The van der Waals surface area contributed by atoms with Gasteiger partial charge in [-0.15, -0.1) is 0 Å². The lowest BCUT2D eigenvalue weighted by atomic mass is 9.94. The van der Waals surface area contributed by atoms with Crippen molar-refractivity contribution in [1.29, 1.82) is 0 Å². The Morgan fingerprint density at radius 3 is 2.68 bits per heavy atom. The van der Waals surface area contributed by atoms with Gasteiger partial charge in [-0.1, -0.05) is 17.7 Å². The van der Waals surface area contributed by atoms with Gasteiger partial charge in [0.25, 0.3) is 0 Å². The van der Waals surface area contributed by atoms with E-state index in [-0.39, 0.29) is 0 Å². The molecule has 106 valence electrons. The standard InChI is InChI=1S/C17H28N2/c1-3-19(17-10-8-15(2)9-11-17)13-5-7-16-6-4-12-18-14-16/h8-11,16,18H,3-7,12-14H2,1-2H3. The summed E-state index contributed by atoms with van der Waals surface area (Å²) in [6.07, 6.45) is 5.47. The highest BCUT2D eigenvalue weighted by Crippen LogP contribution is 2.19. The van der Waals surface area contributed by atoms with Crippen LogP contribution in [0.15, 0.2) is 24.3 Å². The van der Waals surface area contributed by atoms with Crippen LogP contribution >= 0.6 is 0 Å². The monoisotopic (exact) mass is 260 g/mol. The van der Waals surface area contributed by atoms with Gasteiger partial charge in [-0.25, -0.2) is 0 Å². The molecule has 2 nitrogen and oxygen atoms in total. The molecule has 0 bridgehead atoms. The predicted octanol–water partition coefficient (Wildman–Crippen LogP) is 3.60. The number of nitrogens with one attached hydrogen (secondary N) is 1. The molecule has 19 heavy (non-hydrogen) atoms. The summed E-state index contributed by atoms with van der Waals surface area (Å²) >= 11 is 0. The van der Waals surface area contributed by atoms with Gasteiger partial charge in [0.15, 0.2) is 0 Å². The van der Waals surface area contributed by atoms with Crippen molar-refractivity contribution in [1.82, 2.24) is 5.32 Å². The summed E-state index contributed by atoms with van der Waals surface area (Å²) in [5.74, 6) is 0.908. The van der Waals surface area contributed by atoms with E-state index in [1.54, 1.807) is 0 Å². The van der Waals surface area contributed by atoms with E-state index < -0.39 is 0 Å². The maximum absolute atomic E-state index is 3.51. The Kier molecular flexibility index (Phi) is 5.71. The van der Waals surface area contributed by atoms with Crippen molar-refractivity contribution >= 4 is 5.69 Å². The lowest BCUT2D eigenvalue weighted by molar-refractivity contribution is 0.351. The van der Waals surface area contributed by atoms with E-state index in [1.165, 1.54) is 56.6 Å². The average molecular weight is 260 g/mol. The summed E-state index contributed by atoms with van der Waals surface area (Å²) in [5, 5.41) is 3.51. The Morgan fingerprint density at radius 1 is 1.26 bits per heavy atom. The van der Waals surface area contributed by atoms with E-state index >= 15 is 0 Å². The maximum Gasteiger partial charge on any atom is 0.0366 e. The van der Waals surface area contributed by atoms with Gasteiger partial charge in [0.1, 0.15) is 0 Å². The molecule has 2 heteroatoms. The van der Waals surface area contributed by atoms with Gasteiger partial charge >= 0.3 is 0 Å². The fourth-order valence-electron chi connectivity index (χ4n) is 2.97. The van der Waals surface area contributed by atoms with Crippen LogP contribution in [-0.2, 0) is 0 Å². The first-order valence-electron chi connectivity index (χ1n) is 7.82. The second-order valence-corrected chi connectivity index (χ2v) is 5.77. The predicted molar refractivity (Wildman–Crippen MR) is 83.9 cm³/mol. The van der Waals surface area contributed by atoms with Gasteiger partial charge in [-0.3, -0.25) is 0 Å². The Morgan fingerprint density at radius 2 is 2.05 bits per heavy atom. The molecule has 1 unspecified atom stereocenters. The van der Waals surface area contributed by atoms with Gasteiger partial charge in [-0.05, 0) is 70.7 Å². The zero-order chi connectivity index (χ0) is 13.5. The van der Waals surface area contributed by atoms with E-state index in [2.05, 4.69) is 48.3 Å². The second-order valence-electron chi connectivity index (χ2n) is 5.77. The number of hydrogen-bond donors (Lipinski definition) is 1. The first-order chi connectivity index (χ1) is 9.29. The quantitative estimate of drug-likeness (QED) is 0.840. The molecule has 0 amide bonds. The molecule has 1 aromatic carbocycles. The molecule has 1 aliphatic heterocycles. The van der Waals surface area contributed by atoms with E-state index in [0.29, 0.717) is 0 Å². The van der Waals surface area contributed by atoms with Crippen LogP contribution in [0.4, 0.5) is 5.69 Å². The fraction of sp³-hybridized carbons (Fsp3) is 0.647. The van der Waals surface area contributed by atoms with Crippen molar-refractivity contribution in [2.24, 2.45) is 5.92 Å². The van der Waals surface area contributed by atoms with Crippen molar-refractivity contribution in [3.8, 4) is 0 Å². The third-order valence-corrected chi connectivity index (χ3v) is 4.22. The molecular formula is C17H28N2. The fourth-order valence-corrected chi connectivity index (χ4v) is 2.97. The van der Waals surface area contributed by atoms with Crippen LogP contribution in [0.3, 0.4) is 0 Å². The number of hydrogen-bond acceptors (Lipinski definition) is 2. The highest BCUT2D eigenvalue weighted by Gasteiger charge is 2.13. The molecule has 0 aliphatic carbocycles. The largest absolute Gasteiger partial charge is 0.372 e. The summed E-state index contributed by atoms with van der Waals surface area (Å²) in [7, 11) is 0. The van der Waals surface area contributed by atoms with Gasteiger partial charge in [-0.2, -0.15) is 0 Å². The van der Waals surface area contributed by atoms with Crippen LogP contribution in [0.25, 0.3) is 0 Å². The lowest BCUT2D eigenvalue weighted by Gasteiger charge is -2.26. The molecule has 2 rings (SSSR count). The van der Waals surface area contributed by atoms with Crippen LogP contribution in [0.1, 0.15) is 38.2 Å². The van der Waals surface area contributed by atoms with Crippen molar-refractivity contribution in [2.75, 3.05) is 31.1 Å². The third kappa shape index (κ3) is 4.54. The molecule has 0 radical (unpaired) electrons. The zero-order valence-electron chi connectivity index (χ0n) is 12.5. The van der Waals surface area contributed by atoms with E-state index in [0.717, 1.165) is 12.5 Å². The van der Waals surface area contributed by atoms with Gasteiger partial charge in [0, 0.05) is 18.8 Å². The smallest absolute Gasteiger partial charge is 0.0366 e. The van der Waals surface area contributed by atoms with Crippen molar-refractivity contribution in [2.45, 2.75) is 39.5 Å². The minimum atomic E-state index is 0.908. The molecule has 1 saturated heterocycles. The van der Waals surface area contributed by atoms with Crippen LogP contribution < -0.4 is 10.2 Å². The number of nitrogens with zero attached hydrogens (tertiary/aromatic N) is 1. The Hall–Kier alpha value is -1.02. The van der Waals surface area contributed by atoms with Gasteiger partial charge < -0.3 is 10.2 Å². The topological polar surface area (TPSA) is 15.3 Å². The first kappa shape index (κ1) is 14.4. The molecule has 1 aromatic rings. The van der Waals surface area contributed by atoms with Crippen LogP contribution in [-0.4, -0.2) is 26.2 Å². The number of aryl methyl sites for hydroxylation is 1. The van der Waals surface area contributed by atoms with Crippen molar-refractivity contribution in [3.05, 3.63) is 29.8 Å². The van der Waals surface area contributed by atoms with Gasteiger partial charge in [0.05, 0.1) is 0 Å². The molecular weight excluding hydrogens is 232 g/mol. The van der Waals surface area contributed by atoms with Crippen LogP contribution in [0.5, 0.6) is 0 Å². The molecule has 1 atom stereocenters. The van der Waals surface area contributed by atoms with E-state index in [4.69, 9.17) is 0 Å². The minimum absolute atomic E-state index is 0.908. The minimum Gasteiger partial charge on any atom is -0.372 e. The Balaban J connectivity index is 1.77. The summed E-state index contributed by atoms with van der Waals surface area (Å²) in [6.45, 7) is 9.15. The summed E-state index contributed by atoms with van der Waals surface area (Å²) in [4.78, 5) is 2.50. The molecule has 0 spiro atoms. The van der Waals surface area contributed by atoms with E-state index in [9.17, 15) is 0 Å². The zero-order valence-corrected chi connectivity index (χ0v) is 12.5. The number of benzene rings is 1. The Labute approximate surface area is 118 Å². The molecule has 0 aromatic heterocycles. The number of rotatable bonds is 6. The third-order valence-electron chi connectivity index (χ3n) is 4.22. The second kappa shape index (κ2) is 7.54. The summed E-state index contributed by atoms with van der Waals surface area (Å²) < 4.78 is 0. The molecule has 0 saturated carbocycles. The first-order valence-corrected chi connectivity index (χ1v) is 7.82. The molecule has 1 fully saturated rings.